The van der Waals surface area contributed by atoms with Crippen LogP contribution in [0.15, 0.2) is 71.9 Å². The number of rotatable bonds is 7. The SMILES string of the molecule is Cc1ccc(/C(Cc2ccc([N+](=O)[O-])cc2)=N/OC(=O)c2ccc([N+](=O)[O-])cc2)c(C)c1. The zero-order valence-corrected chi connectivity index (χ0v) is 17.3. The Labute approximate surface area is 183 Å². The van der Waals surface area contributed by atoms with E-state index in [9.17, 15) is 25.0 Å². The van der Waals surface area contributed by atoms with Crippen LogP contribution in [0.2, 0.25) is 0 Å². The van der Waals surface area contributed by atoms with Crippen LogP contribution in [-0.4, -0.2) is 21.5 Å². The van der Waals surface area contributed by atoms with Crippen LogP contribution in [0.3, 0.4) is 0 Å². The monoisotopic (exact) mass is 433 g/mol. The number of hydrogen-bond donors (Lipinski definition) is 0. The lowest BCUT2D eigenvalue weighted by atomic mass is 9.97. The molecule has 0 saturated heterocycles. The van der Waals surface area contributed by atoms with Gasteiger partial charge in [0.15, 0.2) is 0 Å². The highest BCUT2D eigenvalue weighted by Gasteiger charge is 2.15. The third-order valence-corrected chi connectivity index (χ3v) is 4.76. The molecule has 3 rings (SSSR count). The second kappa shape index (κ2) is 9.61. The molecular weight excluding hydrogens is 414 g/mol. The molecule has 0 aliphatic rings. The molecule has 0 aromatic heterocycles. The van der Waals surface area contributed by atoms with Crippen LogP contribution in [-0.2, 0) is 11.3 Å². The van der Waals surface area contributed by atoms with E-state index in [2.05, 4.69) is 5.16 Å². The summed E-state index contributed by atoms with van der Waals surface area (Å²) in [6.07, 6.45) is 0.273. The van der Waals surface area contributed by atoms with E-state index in [0.717, 1.165) is 22.3 Å². The van der Waals surface area contributed by atoms with Gasteiger partial charge in [-0.1, -0.05) is 41.1 Å². The number of non-ortho nitro benzene ring substituents is 2. The van der Waals surface area contributed by atoms with Gasteiger partial charge in [-0.2, -0.15) is 0 Å². The first-order valence-electron chi connectivity index (χ1n) is 9.58. The Bertz CT molecular complexity index is 1200. The van der Waals surface area contributed by atoms with E-state index >= 15 is 0 Å². The van der Waals surface area contributed by atoms with Gasteiger partial charge in [0.05, 0.1) is 21.1 Å². The Morgan fingerprint density at radius 2 is 1.44 bits per heavy atom. The Kier molecular flexibility index (Phi) is 6.69. The van der Waals surface area contributed by atoms with Crippen LogP contribution in [0.5, 0.6) is 0 Å². The van der Waals surface area contributed by atoms with Crippen molar-refractivity contribution >= 4 is 23.1 Å². The lowest BCUT2D eigenvalue weighted by molar-refractivity contribution is -0.385. The molecule has 0 aliphatic carbocycles. The minimum absolute atomic E-state index is 0.0247. The predicted molar refractivity (Wildman–Crippen MR) is 118 cm³/mol. The number of oxime groups is 1. The summed E-state index contributed by atoms with van der Waals surface area (Å²) < 4.78 is 0. The highest BCUT2D eigenvalue weighted by Crippen LogP contribution is 2.18. The molecule has 0 amide bonds. The summed E-state index contributed by atoms with van der Waals surface area (Å²) in [6, 6.07) is 16.8. The molecular formula is C23H19N3O6. The maximum Gasteiger partial charge on any atom is 0.365 e. The van der Waals surface area contributed by atoms with Crippen molar-refractivity contribution < 1.29 is 19.5 Å². The number of nitro benzene ring substituents is 2. The van der Waals surface area contributed by atoms with Crippen LogP contribution in [0.4, 0.5) is 11.4 Å². The lowest BCUT2D eigenvalue weighted by Gasteiger charge is -2.11. The van der Waals surface area contributed by atoms with Crippen molar-refractivity contribution in [1.29, 1.82) is 0 Å². The fourth-order valence-electron chi connectivity index (χ4n) is 3.11. The summed E-state index contributed by atoms with van der Waals surface area (Å²) >= 11 is 0. The van der Waals surface area contributed by atoms with Crippen molar-refractivity contribution in [2.75, 3.05) is 0 Å². The van der Waals surface area contributed by atoms with Gasteiger partial charge in [0, 0.05) is 36.2 Å². The Morgan fingerprint density at radius 3 is 1.97 bits per heavy atom. The zero-order valence-electron chi connectivity index (χ0n) is 17.3. The molecule has 9 heteroatoms. The molecule has 162 valence electrons. The second-order valence-electron chi connectivity index (χ2n) is 7.14. The minimum atomic E-state index is -0.758. The smallest absolute Gasteiger partial charge is 0.313 e. The van der Waals surface area contributed by atoms with Crippen LogP contribution in [0.25, 0.3) is 0 Å². The molecule has 0 saturated carbocycles. The largest absolute Gasteiger partial charge is 0.365 e. The van der Waals surface area contributed by atoms with Crippen LogP contribution in [0, 0.1) is 34.1 Å². The van der Waals surface area contributed by atoms with Gasteiger partial charge >= 0.3 is 5.97 Å². The fraction of sp³-hybridized carbons (Fsp3) is 0.130. The number of benzene rings is 3. The van der Waals surface area contributed by atoms with Gasteiger partial charge < -0.3 is 4.84 Å². The maximum atomic E-state index is 12.4. The molecule has 0 atom stereocenters. The van der Waals surface area contributed by atoms with Gasteiger partial charge in [-0.15, -0.1) is 0 Å². The summed E-state index contributed by atoms with van der Waals surface area (Å²) in [7, 11) is 0. The van der Waals surface area contributed by atoms with Crippen molar-refractivity contribution in [3.8, 4) is 0 Å². The molecule has 0 N–H and O–H groups in total. The van der Waals surface area contributed by atoms with Gasteiger partial charge in [0.25, 0.3) is 11.4 Å². The number of aryl methyl sites for hydroxylation is 2. The first-order chi connectivity index (χ1) is 15.2. The summed E-state index contributed by atoms with van der Waals surface area (Å²) in [6.45, 7) is 3.87. The molecule has 32 heavy (non-hydrogen) atoms. The van der Waals surface area contributed by atoms with E-state index in [1.165, 1.54) is 36.4 Å². The molecule has 0 radical (unpaired) electrons. The molecule has 0 unspecified atom stereocenters. The number of nitro groups is 2. The number of hydrogen-bond acceptors (Lipinski definition) is 7. The van der Waals surface area contributed by atoms with E-state index in [1.54, 1.807) is 12.1 Å². The molecule has 0 spiro atoms. The third kappa shape index (κ3) is 5.39. The van der Waals surface area contributed by atoms with Gasteiger partial charge in [-0.05, 0) is 37.1 Å². The predicted octanol–water partition coefficient (Wildman–Crippen LogP) is 4.92. The molecule has 3 aromatic carbocycles. The van der Waals surface area contributed by atoms with E-state index in [0.29, 0.717) is 5.71 Å². The first kappa shape index (κ1) is 22.3. The van der Waals surface area contributed by atoms with Crippen molar-refractivity contribution in [3.05, 3.63) is 115 Å². The zero-order chi connectivity index (χ0) is 23.3. The molecule has 0 heterocycles. The fourth-order valence-corrected chi connectivity index (χ4v) is 3.11. The quantitative estimate of drug-likeness (QED) is 0.225. The van der Waals surface area contributed by atoms with Gasteiger partial charge in [-0.3, -0.25) is 20.2 Å². The van der Waals surface area contributed by atoms with Crippen molar-refractivity contribution in [2.45, 2.75) is 20.3 Å². The van der Waals surface area contributed by atoms with Gasteiger partial charge in [-0.25, -0.2) is 4.79 Å². The Balaban J connectivity index is 1.88. The number of nitrogens with zero attached hydrogens (tertiary/aromatic N) is 3. The maximum absolute atomic E-state index is 12.4. The molecule has 3 aromatic rings. The van der Waals surface area contributed by atoms with E-state index in [-0.39, 0.29) is 23.4 Å². The van der Waals surface area contributed by atoms with Crippen molar-refractivity contribution in [3.63, 3.8) is 0 Å². The minimum Gasteiger partial charge on any atom is -0.313 e. The lowest BCUT2D eigenvalue weighted by Crippen LogP contribution is -2.11. The summed E-state index contributed by atoms with van der Waals surface area (Å²) in [5.41, 5.74) is 3.93. The first-order valence-corrected chi connectivity index (χ1v) is 9.58. The van der Waals surface area contributed by atoms with Gasteiger partial charge in [0.2, 0.25) is 0 Å². The summed E-state index contributed by atoms with van der Waals surface area (Å²) in [4.78, 5) is 38.2. The highest BCUT2D eigenvalue weighted by molar-refractivity contribution is 6.03. The van der Waals surface area contributed by atoms with Crippen LogP contribution < -0.4 is 0 Å². The molecule has 0 bridgehead atoms. The van der Waals surface area contributed by atoms with E-state index < -0.39 is 15.8 Å². The number of carbonyl (C=O) groups excluding carboxylic acids is 1. The van der Waals surface area contributed by atoms with Crippen molar-refractivity contribution in [2.24, 2.45) is 5.16 Å². The van der Waals surface area contributed by atoms with Crippen molar-refractivity contribution in [1.82, 2.24) is 0 Å². The van der Waals surface area contributed by atoms with Crippen LogP contribution >= 0.6 is 0 Å². The van der Waals surface area contributed by atoms with Crippen LogP contribution in [0.1, 0.15) is 32.6 Å². The second-order valence-corrected chi connectivity index (χ2v) is 7.14. The Hall–Kier alpha value is -4.40. The highest BCUT2D eigenvalue weighted by atomic mass is 16.7. The standard InChI is InChI=1S/C23H19N3O6/c1-15-3-12-21(16(2)13-15)22(14-17-4-8-19(9-5-17)25(28)29)24-32-23(27)18-6-10-20(11-7-18)26(30)31/h3-13H,14H2,1-2H3/b24-22+. The average molecular weight is 433 g/mol. The molecule has 0 aliphatic heterocycles. The summed E-state index contributed by atoms with van der Waals surface area (Å²) in [5.74, 6) is -0.758. The third-order valence-electron chi connectivity index (χ3n) is 4.76. The average Bonchev–Trinajstić information content (AvgIpc) is 2.77. The van der Waals surface area contributed by atoms with E-state index in [4.69, 9.17) is 4.84 Å². The molecule has 9 nitrogen and oxygen atoms in total. The van der Waals surface area contributed by atoms with E-state index in [1.807, 2.05) is 32.0 Å². The summed E-state index contributed by atoms with van der Waals surface area (Å²) in [5, 5.41) is 25.7. The van der Waals surface area contributed by atoms with Gasteiger partial charge in [0.1, 0.15) is 0 Å². The Morgan fingerprint density at radius 1 is 0.875 bits per heavy atom. The molecule has 0 fully saturated rings. The normalized spacial score (nSPS) is 11.1. The number of carbonyl (C=O) groups is 1. The topological polar surface area (TPSA) is 125 Å².